The number of fused-ring (bicyclic) bond motifs is 1. The van der Waals surface area contributed by atoms with E-state index in [0.29, 0.717) is 25.6 Å². The van der Waals surface area contributed by atoms with Crippen LogP contribution in [0.15, 0.2) is 48.9 Å². The average Bonchev–Trinajstić information content (AvgIpc) is 3.43. The minimum absolute atomic E-state index is 0.105. The molecule has 0 radical (unpaired) electrons. The van der Waals surface area contributed by atoms with Crippen molar-refractivity contribution in [1.29, 1.82) is 0 Å². The number of hydrogen-bond donors (Lipinski definition) is 1. The van der Waals surface area contributed by atoms with Crippen LogP contribution < -0.4 is 10.2 Å². The number of hydrogen-bond acceptors (Lipinski definition) is 5. The maximum atomic E-state index is 13.8. The molecule has 4 heterocycles. The van der Waals surface area contributed by atoms with Crippen molar-refractivity contribution in [1.82, 2.24) is 24.8 Å². The van der Waals surface area contributed by atoms with Gasteiger partial charge in [-0.1, -0.05) is 32.9 Å². The molecule has 1 saturated heterocycles. The molecule has 8 heteroatoms. The van der Waals surface area contributed by atoms with E-state index < -0.39 is 0 Å². The molecule has 37 heavy (non-hydrogen) atoms. The van der Waals surface area contributed by atoms with Gasteiger partial charge in [0.1, 0.15) is 11.6 Å². The number of halogens is 1. The molecule has 2 aliphatic heterocycles. The van der Waals surface area contributed by atoms with Crippen molar-refractivity contribution >= 4 is 11.6 Å². The molecule has 1 amide bonds. The largest absolute Gasteiger partial charge is 0.333 e. The summed E-state index contributed by atoms with van der Waals surface area (Å²) in [5.74, 6) is 0.932. The predicted octanol–water partition coefficient (Wildman–Crippen LogP) is 3.56. The first-order valence-electron chi connectivity index (χ1n) is 13.2. The van der Waals surface area contributed by atoms with Crippen LogP contribution in [0.3, 0.4) is 0 Å². The summed E-state index contributed by atoms with van der Waals surface area (Å²) in [6.07, 6.45) is 7.31. The Bertz CT molecular complexity index is 1250. The Hall–Kier alpha value is -3.10. The minimum atomic E-state index is -0.242. The second-order valence-corrected chi connectivity index (χ2v) is 11.1. The van der Waals surface area contributed by atoms with Gasteiger partial charge < -0.3 is 14.8 Å². The molecule has 2 aromatic heterocycles. The number of pyridine rings is 1. The monoisotopic (exact) mass is 504 g/mol. The fourth-order valence-corrected chi connectivity index (χ4v) is 5.65. The van der Waals surface area contributed by atoms with Crippen LogP contribution in [-0.2, 0) is 29.6 Å². The van der Waals surface area contributed by atoms with E-state index in [1.807, 2.05) is 23.5 Å². The van der Waals surface area contributed by atoms with E-state index in [-0.39, 0.29) is 23.2 Å². The number of rotatable bonds is 7. The first kappa shape index (κ1) is 25.5. The van der Waals surface area contributed by atoms with Crippen LogP contribution >= 0.6 is 0 Å². The Morgan fingerprint density at radius 1 is 1.19 bits per heavy atom. The third kappa shape index (κ3) is 5.45. The van der Waals surface area contributed by atoms with Gasteiger partial charge in [-0.25, -0.2) is 9.37 Å². The quantitative estimate of drug-likeness (QED) is 0.533. The average molecular weight is 505 g/mol. The number of anilines is 1. The SMILES string of the molecule is CCc1nccn1C[C@H]1CN[C@H](C)CN1CC(=O)N1CC(C)(C)c2ncc(Cc3ccc(F)cc3)cc21. The third-order valence-electron chi connectivity index (χ3n) is 7.62. The van der Waals surface area contributed by atoms with Gasteiger partial charge in [0, 0.05) is 68.7 Å². The highest BCUT2D eigenvalue weighted by Gasteiger charge is 2.40. The number of aryl methyl sites for hydroxylation is 1. The fraction of sp³-hybridized carbons (Fsp3) is 0.483. The van der Waals surface area contributed by atoms with Gasteiger partial charge in [0.25, 0.3) is 0 Å². The number of carbonyl (C=O) groups is 1. The fourth-order valence-electron chi connectivity index (χ4n) is 5.65. The number of carbonyl (C=O) groups excluding carboxylic acids is 1. The number of amides is 1. The van der Waals surface area contributed by atoms with Crippen LogP contribution in [0.4, 0.5) is 10.1 Å². The van der Waals surface area contributed by atoms with Crippen LogP contribution in [-0.4, -0.2) is 63.6 Å². The summed E-state index contributed by atoms with van der Waals surface area (Å²) in [6.45, 7) is 12.0. The van der Waals surface area contributed by atoms with E-state index in [1.165, 1.54) is 12.1 Å². The predicted molar refractivity (Wildman–Crippen MR) is 143 cm³/mol. The van der Waals surface area contributed by atoms with Crippen LogP contribution in [0.5, 0.6) is 0 Å². The molecule has 2 atom stereocenters. The maximum absolute atomic E-state index is 13.8. The molecule has 2 aliphatic rings. The number of nitrogens with zero attached hydrogens (tertiary/aromatic N) is 5. The maximum Gasteiger partial charge on any atom is 0.241 e. The van der Waals surface area contributed by atoms with Crippen LogP contribution in [0.1, 0.15) is 50.3 Å². The topological polar surface area (TPSA) is 66.3 Å². The molecule has 1 aromatic carbocycles. The summed E-state index contributed by atoms with van der Waals surface area (Å²) in [5, 5.41) is 3.58. The smallest absolute Gasteiger partial charge is 0.241 e. The Morgan fingerprint density at radius 3 is 2.73 bits per heavy atom. The van der Waals surface area contributed by atoms with E-state index in [0.717, 1.165) is 54.4 Å². The van der Waals surface area contributed by atoms with E-state index in [1.54, 1.807) is 12.1 Å². The zero-order valence-corrected chi connectivity index (χ0v) is 22.2. The molecule has 5 rings (SSSR count). The molecular weight excluding hydrogens is 467 g/mol. The second-order valence-electron chi connectivity index (χ2n) is 11.1. The minimum Gasteiger partial charge on any atom is -0.333 e. The van der Waals surface area contributed by atoms with Gasteiger partial charge >= 0.3 is 0 Å². The number of imidazole rings is 1. The molecule has 0 unspecified atom stereocenters. The Balaban J connectivity index is 1.35. The van der Waals surface area contributed by atoms with Gasteiger partial charge in [0.05, 0.1) is 17.9 Å². The van der Waals surface area contributed by atoms with E-state index in [2.05, 4.69) is 53.5 Å². The van der Waals surface area contributed by atoms with Gasteiger partial charge in [0.15, 0.2) is 0 Å². The Labute approximate surface area is 218 Å². The Kier molecular flexibility index (Phi) is 7.14. The van der Waals surface area contributed by atoms with Crippen LogP contribution in [0, 0.1) is 5.82 Å². The standard InChI is InChI=1S/C29H37FN6O/c1-5-26-31-10-11-34(26)17-24-15-32-20(2)16-35(24)18-27(37)36-19-29(3,4)28-25(36)13-22(14-33-28)12-21-6-8-23(30)9-7-21/h6-11,13-14,20,24,32H,5,12,15-19H2,1-4H3/t20-,24-/m1/s1. The zero-order chi connectivity index (χ0) is 26.2. The molecular formula is C29H37FN6O. The summed E-state index contributed by atoms with van der Waals surface area (Å²) in [5.41, 5.74) is 3.67. The van der Waals surface area contributed by atoms with Crippen molar-refractivity contribution < 1.29 is 9.18 Å². The molecule has 196 valence electrons. The van der Waals surface area contributed by atoms with Gasteiger partial charge in [-0.3, -0.25) is 14.7 Å². The number of nitrogens with one attached hydrogen (secondary N) is 1. The number of aromatic nitrogens is 3. The van der Waals surface area contributed by atoms with E-state index in [9.17, 15) is 9.18 Å². The summed E-state index contributed by atoms with van der Waals surface area (Å²) in [4.78, 5) is 27.3. The van der Waals surface area contributed by atoms with Gasteiger partial charge in [0.2, 0.25) is 5.91 Å². The zero-order valence-electron chi connectivity index (χ0n) is 22.2. The lowest BCUT2D eigenvalue weighted by atomic mass is 9.91. The highest BCUT2D eigenvalue weighted by Crippen LogP contribution is 2.39. The highest BCUT2D eigenvalue weighted by atomic mass is 19.1. The first-order chi connectivity index (χ1) is 17.7. The molecule has 1 fully saturated rings. The summed E-state index contributed by atoms with van der Waals surface area (Å²) >= 11 is 0. The van der Waals surface area contributed by atoms with Gasteiger partial charge in [-0.2, -0.15) is 0 Å². The van der Waals surface area contributed by atoms with Gasteiger partial charge in [-0.05, 0) is 42.7 Å². The van der Waals surface area contributed by atoms with Crippen LogP contribution in [0.25, 0.3) is 0 Å². The van der Waals surface area contributed by atoms with Gasteiger partial charge in [-0.15, -0.1) is 0 Å². The lowest BCUT2D eigenvalue weighted by Gasteiger charge is -2.40. The Morgan fingerprint density at radius 2 is 1.97 bits per heavy atom. The van der Waals surface area contributed by atoms with E-state index in [4.69, 9.17) is 4.98 Å². The highest BCUT2D eigenvalue weighted by molar-refractivity contribution is 5.97. The van der Waals surface area contributed by atoms with Crippen LogP contribution in [0.2, 0.25) is 0 Å². The molecule has 0 aliphatic carbocycles. The summed E-state index contributed by atoms with van der Waals surface area (Å²) in [6, 6.07) is 9.17. The van der Waals surface area contributed by atoms with Crippen molar-refractivity contribution in [2.45, 2.75) is 64.6 Å². The molecule has 3 aromatic rings. The molecule has 0 bridgehead atoms. The second kappa shape index (κ2) is 10.3. The van der Waals surface area contributed by atoms with Crippen molar-refractivity contribution in [3.63, 3.8) is 0 Å². The lowest BCUT2D eigenvalue weighted by molar-refractivity contribution is -0.120. The number of benzene rings is 1. The van der Waals surface area contributed by atoms with Crippen molar-refractivity contribution in [3.05, 3.63) is 77.4 Å². The molecule has 0 spiro atoms. The molecule has 0 saturated carbocycles. The molecule has 1 N–H and O–H groups in total. The van der Waals surface area contributed by atoms with E-state index >= 15 is 0 Å². The first-order valence-corrected chi connectivity index (χ1v) is 13.2. The summed E-state index contributed by atoms with van der Waals surface area (Å²) in [7, 11) is 0. The van der Waals surface area contributed by atoms with Crippen molar-refractivity contribution in [3.8, 4) is 0 Å². The van der Waals surface area contributed by atoms with Crippen molar-refractivity contribution in [2.75, 3.05) is 31.1 Å². The third-order valence-corrected chi connectivity index (χ3v) is 7.62. The number of piperazine rings is 1. The summed E-state index contributed by atoms with van der Waals surface area (Å²) < 4.78 is 15.6. The normalized spacial score (nSPS) is 21.3. The lowest BCUT2D eigenvalue weighted by Crippen LogP contribution is -2.59. The van der Waals surface area contributed by atoms with Crippen molar-refractivity contribution in [2.24, 2.45) is 0 Å². The molecule has 7 nitrogen and oxygen atoms in total.